The van der Waals surface area contributed by atoms with Crippen molar-refractivity contribution in [1.82, 2.24) is 19.9 Å². The Balaban J connectivity index is 0.000000596. The van der Waals surface area contributed by atoms with Gasteiger partial charge in [0.2, 0.25) is 0 Å². The van der Waals surface area contributed by atoms with Crippen molar-refractivity contribution in [2.24, 2.45) is 5.73 Å². The molecule has 0 aliphatic rings. The van der Waals surface area contributed by atoms with Gasteiger partial charge in [-0.1, -0.05) is 19.9 Å². The molecule has 1 aromatic carbocycles. The Hall–Kier alpha value is -3.06. The number of nitrogens with zero attached hydrogens (tertiary/aromatic N) is 3. The zero-order chi connectivity index (χ0) is 19.8. The molecule has 0 amide bonds. The number of H-pyrrole nitrogens is 1. The number of ether oxygens (including phenoxy) is 1. The van der Waals surface area contributed by atoms with Gasteiger partial charge in [0, 0.05) is 11.8 Å². The number of halogens is 1. The van der Waals surface area contributed by atoms with E-state index < -0.39 is 0 Å². The lowest BCUT2D eigenvalue weighted by Crippen LogP contribution is -2.06. The van der Waals surface area contributed by atoms with Crippen LogP contribution in [0.1, 0.15) is 26.6 Å². The molecule has 142 valence electrons. The Morgan fingerprint density at radius 2 is 1.81 bits per heavy atom. The van der Waals surface area contributed by atoms with Gasteiger partial charge in [-0.2, -0.15) is 4.98 Å². The number of nitrogens with two attached hydrogens (primary N) is 1. The third-order valence-electron chi connectivity index (χ3n) is 3.15. The van der Waals surface area contributed by atoms with E-state index in [0.717, 1.165) is 5.56 Å². The van der Waals surface area contributed by atoms with Gasteiger partial charge in [0.05, 0.1) is 17.6 Å². The van der Waals surface area contributed by atoms with Crippen LogP contribution >= 0.6 is 0 Å². The Morgan fingerprint density at radius 3 is 2.41 bits per heavy atom. The second kappa shape index (κ2) is 9.59. The first-order valence-electron chi connectivity index (χ1n) is 8.60. The van der Waals surface area contributed by atoms with Crippen LogP contribution in [0.3, 0.4) is 0 Å². The summed E-state index contributed by atoms with van der Waals surface area (Å²) in [5.74, 6) is 0.354. The zero-order valence-electron chi connectivity index (χ0n) is 15.9. The molecule has 0 bridgehead atoms. The minimum atomic E-state index is -0.297. The van der Waals surface area contributed by atoms with Gasteiger partial charge >= 0.3 is 0 Å². The largest absolute Gasteiger partial charge is 0.434 e. The van der Waals surface area contributed by atoms with Crippen LogP contribution in [0.4, 0.5) is 4.39 Å². The second-order valence-corrected chi connectivity index (χ2v) is 6.09. The Bertz CT molecular complexity index is 885. The van der Waals surface area contributed by atoms with Crippen LogP contribution in [0.15, 0.2) is 48.9 Å². The summed E-state index contributed by atoms with van der Waals surface area (Å²) >= 11 is 0. The monoisotopic (exact) mass is 369 g/mol. The number of rotatable bonds is 4. The number of benzene rings is 1. The molecule has 7 heteroatoms. The Morgan fingerprint density at radius 1 is 1.15 bits per heavy atom. The van der Waals surface area contributed by atoms with Crippen molar-refractivity contribution >= 4 is 0 Å². The summed E-state index contributed by atoms with van der Waals surface area (Å²) in [6.45, 7) is 7.55. The predicted molar refractivity (Wildman–Crippen MR) is 105 cm³/mol. The van der Waals surface area contributed by atoms with Crippen LogP contribution in [0.5, 0.6) is 6.01 Å². The van der Waals surface area contributed by atoms with Crippen molar-refractivity contribution in [2.75, 3.05) is 0 Å². The molecule has 3 N–H and O–H groups in total. The van der Waals surface area contributed by atoms with Crippen LogP contribution in [-0.4, -0.2) is 26.0 Å². The molecule has 3 rings (SSSR count). The lowest BCUT2D eigenvalue weighted by Gasteiger charge is -2.02. The number of aryl methyl sites for hydroxylation is 1. The fourth-order valence-corrected chi connectivity index (χ4v) is 2.14. The molecule has 27 heavy (non-hydrogen) atoms. The minimum absolute atomic E-state index is 0.297. The zero-order valence-corrected chi connectivity index (χ0v) is 15.9. The molecule has 0 radical (unpaired) electrons. The smallest absolute Gasteiger partial charge is 0.299 e. The van der Waals surface area contributed by atoms with Gasteiger partial charge in [0.15, 0.2) is 0 Å². The number of hydrogen-bond donors (Lipinski definition) is 2. The van der Waals surface area contributed by atoms with Crippen molar-refractivity contribution in [1.29, 1.82) is 0 Å². The molecule has 0 spiro atoms. The van der Waals surface area contributed by atoms with Crippen molar-refractivity contribution in [2.45, 2.75) is 33.7 Å². The standard InChI is InChI=1S/C17H15FN4O.C3H9N/c1-3-10-23-17-21-15(12-4-6-13(18)7-5-12)16(22-17)14-8-9-19-11(2)20-14;1-3(2)4/h3-10H,1-2H3,(H,21,22);3H,4H2,1-2H3/b10-3-;. The summed E-state index contributed by atoms with van der Waals surface area (Å²) < 4.78 is 18.6. The van der Waals surface area contributed by atoms with E-state index in [1.807, 2.05) is 27.7 Å². The van der Waals surface area contributed by atoms with Crippen LogP contribution in [-0.2, 0) is 0 Å². The molecule has 2 aromatic heterocycles. The molecule has 0 aliphatic heterocycles. The molecule has 2 heterocycles. The number of imidazole rings is 1. The summed E-state index contributed by atoms with van der Waals surface area (Å²) in [7, 11) is 0. The van der Waals surface area contributed by atoms with Crippen LogP contribution < -0.4 is 10.5 Å². The highest BCUT2D eigenvalue weighted by atomic mass is 19.1. The summed E-state index contributed by atoms with van der Waals surface area (Å²) in [6.07, 6.45) is 4.97. The molecule has 0 aliphatic carbocycles. The summed E-state index contributed by atoms with van der Waals surface area (Å²) in [5.41, 5.74) is 7.91. The predicted octanol–water partition coefficient (Wildman–Crippen LogP) is 4.25. The van der Waals surface area contributed by atoms with E-state index >= 15 is 0 Å². The topological polar surface area (TPSA) is 89.7 Å². The Kier molecular flexibility index (Phi) is 7.19. The van der Waals surface area contributed by atoms with E-state index in [-0.39, 0.29) is 5.82 Å². The number of aromatic amines is 1. The van der Waals surface area contributed by atoms with Gasteiger partial charge < -0.3 is 15.5 Å². The highest BCUT2D eigenvalue weighted by molar-refractivity contribution is 5.77. The van der Waals surface area contributed by atoms with E-state index in [2.05, 4.69) is 19.9 Å². The molecule has 0 fully saturated rings. The maximum absolute atomic E-state index is 13.2. The second-order valence-electron chi connectivity index (χ2n) is 6.09. The van der Waals surface area contributed by atoms with Crippen LogP contribution in [0, 0.1) is 12.7 Å². The summed E-state index contributed by atoms with van der Waals surface area (Å²) in [6, 6.07) is 8.59. The minimum Gasteiger partial charge on any atom is -0.434 e. The number of aromatic nitrogens is 4. The van der Waals surface area contributed by atoms with Gasteiger partial charge in [-0.05, 0) is 50.2 Å². The molecule has 0 unspecified atom stereocenters. The van der Waals surface area contributed by atoms with E-state index in [9.17, 15) is 4.39 Å². The van der Waals surface area contributed by atoms with Crippen LogP contribution in [0.2, 0.25) is 0 Å². The number of allylic oxidation sites excluding steroid dienone is 1. The first-order valence-corrected chi connectivity index (χ1v) is 8.60. The third kappa shape index (κ3) is 6.00. The normalized spacial score (nSPS) is 10.8. The van der Waals surface area contributed by atoms with Crippen molar-refractivity contribution in [3.63, 3.8) is 0 Å². The molecule has 6 nitrogen and oxygen atoms in total. The fourth-order valence-electron chi connectivity index (χ4n) is 2.14. The molecule has 0 saturated carbocycles. The first kappa shape index (κ1) is 20.3. The fraction of sp³-hybridized carbons (Fsp3) is 0.250. The highest BCUT2D eigenvalue weighted by Gasteiger charge is 2.16. The number of hydrogen-bond acceptors (Lipinski definition) is 5. The van der Waals surface area contributed by atoms with Gasteiger partial charge in [-0.3, -0.25) is 0 Å². The van der Waals surface area contributed by atoms with Gasteiger partial charge in [-0.25, -0.2) is 14.4 Å². The molecule has 3 aromatic rings. The molecule has 0 saturated heterocycles. The summed E-state index contributed by atoms with van der Waals surface area (Å²) in [4.78, 5) is 16.1. The average molecular weight is 369 g/mol. The molecule has 0 atom stereocenters. The highest BCUT2D eigenvalue weighted by Crippen LogP contribution is 2.31. The third-order valence-corrected chi connectivity index (χ3v) is 3.15. The lowest BCUT2D eigenvalue weighted by atomic mass is 10.1. The van der Waals surface area contributed by atoms with E-state index in [1.165, 1.54) is 18.4 Å². The maximum Gasteiger partial charge on any atom is 0.299 e. The van der Waals surface area contributed by atoms with E-state index in [4.69, 9.17) is 10.5 Å². The number of nitrogens with one attached hydrogen (secondary N) is 1. The maximum atomic E-state index is 13.2. The van der Waals surface area contributed by atoms with Crippen molar-refractivity contribution in [3.8, 4) is 28.7 Å². The Labute approximate surface area is 158 Å². The summed E-state index contributed by atoms with van der Waals surface area (Å²) in [5, 5.41) is 0. The molecular weight excluding hydrogens is 345 g/mol. The average Bonchev–Trinajstić information content (AvgIpc) is 3.04. The lowest BCUT2D eigenvalue weighted by molar-refractivity contribution is 0.445. The van der Waals surface area contributed by atoms with E-state index in [1.54, 1.807) is 30.5 Å². The first-order chi connectivity index (χ1) is 12.9. The molecular formula is C20H24FN5O. The van der Waals surface area contributed by atoms with Gasteiger partial charge in [-0.15, -0.1) is 0 Å². The van der Waals surface area contributed by atoms with Crippen molar-refractivity contribution in [3.05, 3.63) is 60.5 Å². The van der Waals surface area contributed by atoms with Gasteiger partial charge in [0.25, 0.3) is 6.01 Å². The van der Waals surface area contributed by atoms with Crippen molar-refractivity contribution < 1.29 is 9.13 Å². The van der Waals surface area contributed by atoms with Gasteiger partial charge in [0.1, 0.15) is 17.3 Å². The SMILES string of the molecule is C/C=C\Oc1nc(-c2ccc(F)cc2)c(-c2ccnc(C)n2)[nH]1.CC(C)N. The quantitative estimate of drug-likeness (QED) is 0.671. The van der Waals surface area contributed by atoms with E-state index in [0.29, 0.717) is 35.0 Å². The van der Waals surface area contributed by atoms with Crippen LogP contribution in [0.25, 0.3) is 22.6 Å².